The molecule has 0 saturated heterocycles. The molecule has 0 spiro atoms. The lowest BCUT2D eigenvalue weighted by atomic mass is 10.0. The number of unbranched alkanes of at least 4 members (excludes halogenated alkanes) is 2. The molecule has 0 aliphatic rings. The van der Waals surface area contributed by atoms with Crippen molar-refractivity contribution in [2.24, 2.45) is 0 Å². The van der Waals surface area contributed by atoms with Crippen LogP contribution in [0.4, 0.5) is 23.2 Å². The summed E-state index contributed by atoms with van der Waals surface area (Å²) in [5, 5.41) is 2.42. The average molecular weight is 607 g/mol. The first-order chi connectivity index (χ1) is 20.7. The van der Waals surface area contributed by atoms with Crippen LogP contribution in [0.3, 0.4) is 0 Å². The van der Waals surface area contributed by atoms with Crippen molar-refractivity contribution < 1.29 is 41.3 Å². The highest BCUT2D eigenvalue weighted by atomic mass is 19.4. The van der Waals surface area contributed by atoms with Crippen molar-refractivity contribution >= 4 is 11.6 Å². The third-order valence-corrected chi connectivity index (χ3v) is 6.30. The smallest absolute Gasteiger partial charge is 0.420 e. The first-order valence-electron chi connectivity index (χ1n) is 14.4. The second-order valence-electron chi connectivity index (χ2n) is 9.71. The van der Waals surface area contributed by atoms with E-state index in [1.54, 1.807) is 18.3 Å². The van der Waals surface area contributed by atoms with Crippen molar-refractivity contribution in [2.75, 3.05) is 38.4 Å². The molecule has 0 aliphatic carbocycles. The molecule has 0 aliphatic heterocycles. The number of ether oxygens (including phenoxy) is 4. The predicted octanol–water partition coefficient (Wildman–Crippen LogP) is 7.86. The monoisotopic (exact) mass is 606 g/mol. The maximum atomic E-state index is 15.1. The van der Waals surface area contributed by atoms with E-state index >= 15 is 4.39 Å². The van der Waals surface area contributed by atoms with Crippen molar-refractivity contribution in [2.45, 2.75) is 59.1 Å². The highest BCUT2D eigenvalue weighted by molar-refractivity contribution is 5.92. The first kappa shape index (κ1) is 33.6. The van der Waals surface area contributed by atoms with Crippen LogP contribution in [0.15, 0.2) is 48.7 Å². The standard InChI is InChI=1S/C32H38F4N2O5/c1-4-7-13-40-15-16-42-28-12-11-24(19-26(28)32(34,35)36)38-30(39)18-23-10-9-22(17-27(23)33)25-21-37-31(43-14-8-5-2)20-29(25)41-6-3/h9-12,17,19-21H,4-8,13-16,18H2,1-3H3,(H,38,39). The van der Waals surface area contributed by atoms with E-state index in [2.05, 4.69) is 17.2 Å². The van der Waals surface area contributed by atoms with Gasteiger partial charge < -0.3 is 24.3 Å². The Kier molecular flexibility index (Phi) is 13.1. The fourth-order valence-corrected chi connectivity index (χ4v) is 4.06. The predicted molar refractivity (Wildman–Crippen MR) is 156 cm³/mol. The summed E-state index contributed by atoms with van der Waals surface area (Å²) in [4.78, 5) is 17.0. The zero-order valence-electron chi connectivity index (χ0n) is 24.7. The van der Waals surface area contributed by atoms with E-state index in [0.29, 0.717) is 42.6 Å². The molecule has 0 unspecified atom stereocenters. The zero-order valence-corrected chi connectivity index (χ0v) is 24.7. The molecular formula is C32H38F4N2O5. The largest absolute Gasteiger partial charge is 0.493 e. The van der Waals surface area contributed by atoms with Gasteiger partial charge in [0, 0.05) is 30.1 Å². The molecule has 0 radical (unpaired) electrons. The molecule has 7 nitrogen and oxygen atoms in total. The Hall–Kier alpha value is -3.86. The van der Waals surface area contributed by atoms with E-state index < -0.39 is 23.5 Å². The van der Waals surface area contributed by atoms with Gasteiger partial charge in [0.2, 0.25) is 11.8 Å². The van der Waals surface area contributed by atoms with Crippen molar-refractivity contribution in [3.63, 3.8) is 0 Å². The lowest BCUT2D eigenvalue weighted by Gasteiger charge is -2.16. The summed E-state index contributed by atoms with van der Waals surface area (Å²) in [7, 11) is 0. The number of halogens is 4. The second-order valence-corrected chi connectivity index (χ2v) is 9.71. The quantitative estimate of drug-likeness (QED) is 0.125. The number of pyridine rings is 1. The van der Waals surface area contributed by atoms with Crippen LogP contribution in [-0.2, 0) is 22.1 Å². The second kappa shape index (κ2) is 16.7. The Bertz CT molecular complexity index is 1330. The van der Waals surface area contributed by atoms with Crippen LogP contribution in [0.25, 0.3) is 11.1 Å². The molecule has 3 rings (SSSR count). The number of nitrogens with zero attached hydrogens (tertiary/aromatic N) is 1. The number of rotatable bonds is 17. The van der Waals surface area contributed by atoms with Gasteiger partial charge >= 0.3 is 6.18 Å². The number of hydrogen-bond acceptors (Lipinski definition) is 6. The molecule has 1 aromatic heterocycles. The maximum Gasteiger partial charge on any atom is 0.420 e. The number of benzene rings is 2. The van der Waals surface area contributed by atoms with E-state index in [4.69, 9.17) is 18.9 Å². The lowest BCUT2D eigenvalue weighted by molar-refractivity contribution is -0.139. The first-order valence-corrected chi connectivity index (χ1v) is 14.4. The van der Waals surface area contributed by atoms with Gasteiger partial charge in [-0.25, -0.2) is 9.37 Å². The van der Waals surface area contributed by atoms with Gasteiger partial charge in [0.05, 0.1) is 31.8 Å². The Morgan fingerprint density at radius 3 is 2.33 bits per heavy atom. The van der Waals surface area contributed by atoms with Gasteiger partial charge in [-0.2, -0.15) is 13.2 Å². The van der Waals surface area contributed by atoms with Gasteiger partial charge in [-0.1, -0.05) is 38.8 Å². The molecular weight excluding hydrogens is 568 g/mol. The third-order valence-electron chi connectivity index (χ3n) is 6.30. The molecule has 0 fully saturated rings. The Morgan fingerprint density at radius 2 is 1.63 bits per heavy atom. The number of carbonyl (C=O) groups excluding carboxylic acids is 1. The van der Waals surface area contributed by atoms with Crippen molar-refractivity contribution in [3.05, 3.63) is 65.6 Å². The van der Waals surface area contributed by atoms with E-state index in [1.165, 1.54) is 18.2 Å². The summed E-state index contributed by atoms with van der Waals surface area (Å²) in [6, 6.07) is 9.24. The minimum absolute atomic E-state index is 0.0488. The molecule has 0 bridgehead atoms. The number of aromatic nitrogens is 1. The fourth-order valence-electron chi connectivity index (χ4n) is 4.06. The Labute approximate surface area is 249 Å². The van der Waals surface area contributed by atoms with Crippen molar-refractivity contribution in [3.8, 4) is 28.5 Å². The number of amides is 1. The van der Waals surface area contributed by atoms with Gasteiger partial charge in [-0.15, -0.1) is 0 Å². The van der Waals surface area contributed by atoms with Crippen LogP contribution in [-0.4, -0.2) is 43.9 Å². The van der Waals surface area contributed by atoms with E-state index in [0.717, 1.165) is 37.8 Å². The van der Waals surface area contributed by atoms with Crippen LogP contribution in [0.5, 0.6) is 17.4 Å². The van der Waals surface area contributed by atoms with Crippen LogP contribution >= 0.6 is 0 Å². The Morgan fingerprint density at radius 1 is 0.860 bits per heavy atom. The molecule has 0 saturated carbocycles. The van der Waals surface area contributed by atoms with E-state index in [1.807, 2.05) is 13.8 Å². The molecule has 234 valence electrons. The number of hydrogen-bond donors (Lipinski definition) is 1. The van der Waals surface area contributed by atoms with Crippen LogP contribution < -0.4 is 19.5 Å². The van der Waals surface area contributed by atoms with Gasteiger partial charge in [-0.05, 0) is 55.2 Å². The number of anilines is 1. The van der Waals surface area contributed by atoms with Crippen LogP contribution in [0, 0.1) is 5.82 Å². The highest BCUT2D eigenvalue weighted by Crippen LogP contribution is 2.38. The van der Waals surface area contributed by atoms with Crippen molar-refractivity contribution in [1.82, 2.24) is 4.98 Å². The lowest BCUT2D eigenvalue weighted by Crippen LogP contribution is -2.17. The molecule has 2 aromatic carbocycles. The Balaban J connectivity index is 1.68. The summed E-state index contributed by atoms with van der Waals surface area (Å²) in [6.07, 6.45) is 0.0974. The molecule has 0 atom stereocenters. The van der Waals surface area contributed by atoms with Crippen LogP contribution in [0.1, 0.15) is 57.6 Å². The number of nitrogens with one attached hydrogen (secondary N) is 1. The van der Waals surface area contributed by atoms with E-state index in [-0.39, 0.29) is 36.6 Å². The molecule has 11 heteroatoms. The van der Waals surface area contributed by atoms with E-state index in [9.17, 15) is 18.0 Å². The fraction of sp³-hybridized carbons (Fsp3) is 0.438. The summed E-state index contributed by atoms with van der Waals surface area (Å²) in [5.74, 6) is -0.820. The number of carbonyl (C=O) groups is 1. The van der Waals surface area contributed by atoms with Gasteiger partial charge in [0.25, 0.3) is 0 Å². The maximum absolute atomic E-state index is 15.1. The summed E-state index contributed by atoms with van der Waals surface area (Å²) < 4.78 is 78.1. The molecule has 1 N–H and O–H groups in total. The SMILES string of the molecule is CCCCOCCOc1ccc(NC(=O)Cc2ccc(-c3cnc(OCCCC)cc3OCC)cc2F)cc1C(F)(F)F. The average Bonchev–Trinajstić information content (AvgIpc) is 2.96. The molecule has 1 amide bonds. The van der Waals surface area contributed by atoms with Gasteiger partial charge in [-0.3, -0.25) is 4.79 Å². The topological polar surface area (TPSA) is 78.9 Å². The normalized spacial score (nSPS) is 11.3. The molecule has 3 aromatic rings. The molecule has 1 heterocycles. The minimum atomic E-state index is -4.71. The van der Waals surface area contributed by atoms with Crippen molar-refractivity contribution in [1.29, 1.82) is 0 Å². The van der Waals surface area contributed by atoms with Crippen LogP contribution in [0.2, 0.25) is 0 Å². The summed E-state index contributed by atoms with van der Waals surface area (Å²) >= 11 is 0. The number of alkyl halides is 3. The van der Waals surface area contributed by atoms with Gasteiger partial charge in [0.1, 0.15) is 23.9 Å². The minimum Gasteiger partial charge on any atom is -0.493 e. The summed E-state index contributed by atoms with van der Waals surface area (Å²) in [5.41, 5.74) is -0.0109. The zero-order chi connectivity index (χ0) is 31.2. The molecule has 43 heavy (non-hydrogen) atoms. The van der Waals surface area contributed by atoms with Gasteiger partial charge in [0.15, 0.2) is 0 Å². The third kappa shape index (κ3) is 10.4. The summed E-state index contributed by atoms with van der Waals surface area (Å²) in [6.45, 7) is 7.39. The highest BCUT2D eigenvalue weighted by Gasteiger charge is 2.35.